The summed E-state index contributed by atoms with van der Waals surface area (Å²) in [4.78, 5) is 46.0. The number of fused-ring (bicyclic) bond motifs is 1. The molecule has 1 aliphatic carbocycles. The summed E-state index contributed by atoms with van der Waals surface area (Å²) < 4.78 is 12.5. The predicted molar refractivity (Wildman–Crippen MR) is 175 cm³/mol. The molecule has 3 fully saturated rings. The molecule has 2 saturated heterocycles. The zero-order valence-electron chi connectivity index (χ0n) is 25.9. The summed E-state index contributed by atoms with van der Waals surface area (Å²) in [6.07, 6.45) is 5.94. The fourth-order valence-corrected chi connectivity index (χ4v) is 7.69. The van der Waals surface area contributed by atoms with Crippen LogP contribution in [0.1, 0.15) is 60.2 Å². The Kier molecular flexibility index (Phi) is 10.5. The second-order valence-corrected chi connectivity index (χ2v) is 13.6. The number of hydrogen-bond acceptors (Lipinski definition) is 7. The van der Waals surface area contributed by atoms with Crippen molar-refractivity contribution in [1.82, 2.24) is 20.4 Å². The number of ether oxygens (including phenoxy) is 2. The van der Waals surface area contributed by atoms with E-state index in [2.05, 4.69) is 15.5 Å². The maximum absolute atomic E-state index is 14.4. The predicted octanol–water partition coefficient (Wildman–Crippen LogP) is 5.20. The van der Waals surface area contributed by atoms with Gasteiger partial charge in [0.1, 0.15) is 5.54 Å². The topological polar surface area (TPSA) is 100 Å². The lowest BCUT2D eigenvalue weighted by atomic mass is 9.94. The first-order chi connectivity index (χ1) is 22.0. The largest absolute Gasteiger partial charge is 0.351 e. The smallest absolute Gasteiger partial charge is 0.324 e. The number of thiophene rings is 1. The molecule has 1 aromatic heterocycles. The summed E-state index contributed by atoms with van der Waals surface area (Å²) in [6.45, 7) is 4.89. The van der Waals surface area contributed by atoms with Crippen LogP contribution in [0.4, 0.5) is 4.79 Å². The van der Waals surface area contributed by atoms with Crippen molar-refractivity contribution < 1.29 is 23.9 Å². The minimum absolute atomic E-state index is 0.151. The van der Waals surface area contributed by atoms with Crippen molar-refractivity contribution in [2.75, 3.05) is 45.9 Å². The van der Waals surface area contributed by atoms with E-state index < -0.39 is 5.54 Å². The molecular formula is C35H44N4O5S. The number of piperidine rings is 1. The summed E-state index contributed by atoms with van der Waals surface area (Å²) in [7, 11) is 0. The lowest BCUT2D eigenvalue weighted by Gasteiger charge is -2.36. The van der Waals surface area contributed by atoms with Crippen LogP contribution in [0.3, 0.4) is 0 Å². The molecule has 3 aliphatic rings. The van der Waals surface area contributed by atoms with E-state index in [0.29, 0.717) is 36.6 Å². The number of likely N-dealkylation sites (tertiary alicyclic amines) is 1. The van der Waals surface area contributed by atoms with Crippen LogP contribution in [-0.2, 0) is 20.7 Å². The van der Waals surface area contributed by atoms with Crippen LogP contribution in [0.15, 0.2) is 60.7 Å². The monoisotopic (exact) mass is 632 g/mol. The van der Waals surface area contributed by atoms with E-state index in [-0.39, 0.29) is 30.7 Å². The average Bonchev–Trinajstić information content (AvgIpc) is 3.74. The Balaban J connectivity index is 1.11. The van der Waals surface area contributed by atoms with Gasteiger partial charge in [-0.1, -0.05) is 61.4 Å². The zero-order valence-corrected chi connectivity index (χ0v) is 26.7. The van der Waals surface area contributed by atoms with Crippen molar-refractivity contribution in [2.24, 2.45) is 5.92 Å². The molecule has 1 saturated carbocycles. The van der Waals surface area contributed by atoms with Gasteiger partial charge in [0.2, 0.25) is 0 Å². The molecule has 2 aliphatic heterocycles. The molecule has 240 valence electrons. The van der Waals surface area contributed by atoms with E-state index in [9.17, 15) is 14.4 Å². The first kappa shape index (κ1) is 31.7. The average molecular weight is 633 g/mol. The Morgan fingerprint density at radius 2 is 1.64 bits per heavy atom. The third kappa shape index (κ3) is 7.92. The normalized spacial score (nSPS) is 19.4. The van der Waals surface area contributed by atoms with Crippen LogP contribution >= 0.6 is 11.3 Å². The second kappa shape index (κ2) is 14.9. The number of carbonyl (C=O) groups excluding carboxylic acids is 3. The van der Waals surface area contributed by atoms with Gasteiger partial charge in [-0.2, -0.15) is 0 Å². The zero-order chi connectivity index (χ0) is 31.1. The van der Waals surface area contributed by atoms with Crippen LogP contribution in [-0.4, -0.2) is 85.4 Å². The molecule has 3 aromatic rings. The summed E-state index contributed by atoms with van der Waals surface area (Å²) in [5.74, 6) is -0.242. The van der Waals surface area contributed by atoms with Crippen LogP contribution in [0.2, 0.25) is 0 Å². The van der Waals surface area contributed by atoms with Gasteiger partial charge in [-0.05, 0) is 80.6 Å². The molecule has 0 bridgehead atoms. The van der Waals surface area contributed by atoms with E-state index in [0.717, 1.165) is 80.6 Å². The number of nitrogens with one attached hydrogen (secondary N) is 2. The number of hydrogen-bond donors (Lipinski definition) is 2. The molecule has 0 radical (unpaired) electrons. The number of nitrogens with zero attached hydrogens (tertiary/aromatic N) is 2. The van der Waals surface area contributed by atoms with Crippen LogP contribution in [0.25, 0.3) is 10.1 Å². The van der Waals surface area contributed by atoms with Crippen molar-refractivity contribution in [2.45, 2.75) is 63.2 Å². The third-order valence-electron chi connectivity index (χ3n) is 9.38. The Bertz CT molecular complexity index is 1410. The quantitative estimate of drug-likeness (QED) is 0.319. The lowest BCUT2D eigenvalue weighted by Crippen LogP contribution is -2.61. The van der Waals surface area contributed by atoms with Crippen molar-refractivity contribution in [3.63, 3.8) is 0 Å². The first-order valence-electron chi connectivity index (χ1n) is 16.4. The van der Waals surface area contributed by atoms with E-state index in [4.69, 9.17) is 9.47 Å². The van der Waals surface area contributed by atoms with Gasteiger partial charge >= 0.3 is 6.03 Å². The summed E-state index contributed by atoms with van der Waals surface area (Å²) in [6, 6.07) is 19.3. The summed E-state index contributed by atoms with van der Waals surface area (Å²) in [5.41, 5.74) is -0.0493. The number of urea groups is 1. The van der Waals surface area contributed by atoms with Crippen molar-refractivity contribution in [3.8, 4) is 0 Å². The minimum atomic E-state index is -1.10. The highest BCUT2D eigenvalue weighted by molar-refractivity contribution is 7.20. The van der Waals surface area contributed by atoms with Gasteiger partial charge in [-0.15, -0.1) is 11.3 Å². The lowest BCUT2D eigenvalue weighted by molar-refractivity contribution is -0.187. The number of benzene rings is 2. The Hall–Kier alpha value is -3.31. The maximum Gasteiger partial charge on any atom is 0.324 e. The van der Waals surface area contributed by atoms with Crippen LogP contribution < -0.4 is 10.6 Å². The molecule has 3 heterocycles. The van der Waals surface area contributed by atoms with Crippen molar-refractivity contribution >= 4 is 39.3 Å². The van der Waals surface area contributed by atoms with E-state index in [1.165, 1.54) is 16.2 Å². The molecule has 9 nitrogen and oxygen atoms in total. The molecule has 0 unspecified atom stereocenters. The number of imide groups is 1. The van der Waals surface area contributed by atoms with E-state index >= 15 is 0 Å². The second-order valence-electron chi connectivity index (χ2n) is 12.5. The standard InChI is InChI=1S/C35H44N4O5S/c40-32(30-23-28-11-4-5-12-29(28)45-30)37-35(16-6-7-17-35)33(41)39(20-15-26-9-2-1-3-10-26)34(42)36-24-27-13-18-38(19-14-27)25-31-43-21-8-22-44-31/h1-5,9-12,23,27,31H,6-8,13-22,24-25H2,(H,36,42)(H,37,40). The van der Waals surface area contributed by atoms with Crippen molar-refractivity contribution in [1.29, 1.82) is 0 Å². The SMILES string of the molecule is O=C(NC1(C(=O)N(CCc2ccccc2)C(=O)NCC2CCN(CC3OCCCO3)CC2)CCCC1)c1cc2ccccc2s1. The molecular weight excluding hydrogens is 588 g/mol. The number of amides is 4. The van der Waals surface area contributed by atoms with Gasteiger partial charge in [0.05, 0.1) is 18.1 Å². The van der Waals surface area contributed by atoms with Gasteiger partial charge in [0, 0.05) is 24.3 Å². The molecule has 6 rings (SSSR count). The Morgan fingerprint density at radius 1 is 0.933 bits per heavy atom. The fraction of sp³-hybridized carbons (Fsp3) is 0.514. The van der Waals surface area contributed by atoms with Gasteiger partial charge in [0.15, 0.2) is 6.29 Å². The highest BCUT2D eigenvalue weighted by Gasteiger charge is 2.46. The number of rotatable bonds is 10. The molecule has 10 heteroatoms. The molecule has 0 spiro atoms. The minimum Gasteiger partial charge on any atom is -0.351 e. The van der Waals surface area contributed by atoms with Gasteiger partial charge in [-0.25, -0.2) is 4.79 Å². The first-order valence-corrected chi connectivity index (χ1v) is 17.2. The molecule has 2 aromatic carbocycles. The third-order valence-corrected chi connectivity index (χ3v) is 10.5. The van der Waals surface area contributed by atoms with Gasteiger partial charge < -0.3 is 20.1 Å². The van der Waals surface area contributed by atoms with Gasteiger partial charge in [-0.3, -0.25) is 19.4 Å². The Labute approximate surface area is 269 Å². The number of carbonyl (C=O) groups is 3. The summed E-state index contributed by atoms with van der Waals surface area (Å²) >= 11 is 1.42. The molecule has 4 amide bonds. The molecule has 45 heavy (non-hydrogen) atoms. The summed E-state index contributed by atoms with van der Waals surface area (Å²) in [5, 5.41) is 7.22. The highest BCUT2D eigenvalue weighted by atomic mass is 32.1. The van der Waals surface area contributed by atoms with E-state index in [1.807, 2.05) is 60.7 Å². The van der Waals surface area contributed by atoms with Crippen molar-refractivity contribution in [3.05, 3.63) is 71.1 Å². The maximum atomic E-state index is 14.4. The Morgan fingerprint density at radius 3 is 2.38 bits per heavy atom. The van der Waals surface area contributed by atoms with Crippen LogP contribution in [0.5, 0.6) is 0 Å². The van der Waals surface area contributed by atoms with E-state index in [1.54, 1.807) is 0 Å². The fourth-order valence-electron chi connectivity index (χ4n) is 6.74. The van der Waals surface area contributed by atoms with Crippen LogP contribution in [0, 0.1) is 5.92 Å². The highest BCUT2D eigenvalue weighted by Crippen LogP contribution is 2.33. The molecule has 2 N–H and O–H groups in total. The molecule has 0 atom stereocenters. The van der Waals surface area contributed by atoms with Gasteiger partial charge in [0.25, 0.3) is 11.8 Å².